The molecule has 0 radical (unpaired) electrons. The van der Waals surface area contributed by atoms with E-state index in [2.05, 4.69) is 5.11 Å². The highest BCUT2D eigenvalue weighted by molar-refractivity contribution is 5.75. The van der Waals surface area contributed by atoms with E-state index >= 15 is 0 Å². The minimum absolute atomic E-state index is 0.237. The minimum atomic E-state index is -1.07. The molecule has 0 bridgehead atoms. The van der Waals surface area contributed by atoms with Crippen molar-refractivity contribution in [1.82, 2.24) is 0 Å². The highest BCUT2D eigenvalue weighted by atomic mass is 16.4. The lowest BCUT2D eigenvalue weighted by molar-refractivity contribution is -0.143. The third-order valence-electron chi connectivity index (χ3n) is 0.543. The van der Waals surface area contributed by atoms with Crippen molar-refractivity contribution < 1.29 is 19.8 Å². The normalized spacial score (nSPS) is 9.75. The number of carboxylic acids is 2. The molecule has 0 rings (SSSR count). The van der Waals surface area contributed by atoms with Crippen LogP contribution in [0.1, 0.15) is 12.8 Å². The van der Waals surface area contributed by atoms with Crippen LogP contribution in [0.3, 0.4) is 0 Å². The molecule has 0 spiro atoms. The van der Waals surface area contributed by atoms with E-state index in [1.54, 1.807) is 0 Å². The Hall–Kier alpha value is -1.06. The van der Waals surface area contributed by atoms with Gasteiger partial charge in [-0.05, 0) is 0 Å². The average molecular weight is 119 g/mol. The number of hydrogen-bond acceptors (Lipinski definition) is 3. The molecule has 0 atom stereocenters. The quantitative estimate of drug-likeness (QED) is 0.545. The van der Waals surface area contributed by atoms with Crippen LogP contribution in [0.4, 0.5) is 0 Å². The molecular weight excluding hydrogens is 112 g/mol. The maximum absolute atomic E-state index is 10.0. The molecule has 0 aromatic rings. The molecule has 0 amide bonds. The number of aliphatic carboxylic acids is 2. The molecule has 0 aromatic heterocycles. The predicted octanol–water partition coefficient (Wildman–Crippen LogP) is -0.0642. The number of rotatable bonds is 3. The molecule has 0 aliphatic carbocycles. The summed E-state index contributed by atoms with van der Waals surface area (Å²) in [6.45, 7) is 0. The molecule has 2 N–H and O–H groups in total. The molecule has 0 saturated heterocycles. The van der Waals surface area contributed by atoms with Gasteiger partial charge in [0.05, 0.1) is 12.8 Å². The predicted molar refractivity (Wildman–Crippen MR) is 24.5 cm³/mol. The minimum Gasteiger partial charge on any atom is -0.481 e. The largest absolute Gasteiger partial charge is 0.481 e. The van der Waals surface area contributed by atoms with Gasteiger partial charge in [-0.1, -0.05) is 0 Å². The lowest BCUT2D eigenvalue weighted by Gasteiger charge is -1.85. The molecule has 4 nitrogen and oxygen atoms in total. The maximum atomic E-state index is 10.0. The van der Waals surface area contributed by atoms with Crippen LogP contribution in [-0.4, -0.2) is 22.2 Å². The Kier molecular flexibility index (Phi) is 1.91. The van der Waals surface area contributed by atoms with Crippen LogP contribution in [0.5, 0.6) is 0 Å². The van der Waals surface area contributed by atoms with E-state index in [4.69, 9.17) is 6.54 Å². The van der Waals surface area contributed by atoms with E-state index in [1.165, 1.54) is 0 Å². The van der Waals surface area contributed by atoms with E-state index < -0.39 is 11.9 Å². The van der Waals surface area contributed by atoms with Crippen molar-refractivity contribution in [3.63, 3.8) is 0 Å². The fraction of sp³-hybridized carbons (Fsp3) is 0.500. The number of hydrogen-bond donors (Lipinski definition) is 2. The van der Waals surface area contributed by atoms with Gasteiger partial charge in [0.1, 0.15) is 0 Å². The summed E-state index contributed by atoms with van der Waals surface area (Å²) in [6.07, 6.45) is -0.517. The second-order valence-electron chi connectivity index (χ2n) is 1.27. The van der Waals surface area contributed by atoms with Gasteiger partial charge < -0.3 is 10.2 Å². The van der Waals surface area contributed by atoms with Gasteiger partial charge in [0.15, 0.2) is 0 Å². The Labute approximate surface area is 47.2 Å². The number of carboxylic acid groups (broad SMARTS) is 2. The molecule has 0 heterocycles. The first-order valence-corrected chi connectivity index (χ1v) is 2.04. The van der Waals surface area contributed by atoms with Crippen molar-refractivity contribution in [3.8, 4) is 0 Å². The van der Waals surface area contributed by atoms with Gasteiger partial charge in [0.25, 0.3) is 1.43 Å². The molecule has 0 aromatic carbocycles. The van der Waals surface area contributed by atoms with Gasteiger partial charge in [-0.25, -0.2) is 0 Å². The van der Waals surface area contributed by atoms with Crippen LogP contribution in [0.2, 0.25) is 0 Å². The van der Waals surface area contributed by atoms with Crippen molar-refractivity contribution in [2.75, 3.05) is 0 Å². The van der Waals surface area contributed by atoms with Crippen LogP contribution in [0.15, 0.2) is 0 Å². The lowest BCUT2D eigenvalue weighted by Crippen LogP contribution is -2.00. The molecule has 0 saturated carbocycles. The van der Waals surface area contributed by atoms with Gasteiger partial charge >= 0.3 is 11.9 Å². The maximum Gasteiger partial charge on any atom is 0.303 e. The fourth-order valence-corrected chi connectivity index (χ4v) is 0.209. The van der Waals surface area contributed by atoms with Gasteiger partial charge in [0, 0.05) is 0 Å². The highest BCUT2D eigenvalue weighted by Crippen LogP contribution is 1.85. The van der Waals surface area contributed by atoms with Gasteiger partial charge in [0.2, 0.25) is 0 Å². The van der Waals surface area contributed by atoms with Crippen LogP contribution in [-0.2, 0) is 9.59 Å². The monoisotopic (exact) mass is 119 g/mol. The Balaban J connectivity index is 3.28. The molecule has 0 aliphatic heterocycles. The van der Waals surface area contributed by atoms with Crippen molar-refractivity contribution in [3.05, 3.63) is 0 Å². The zero-order chi connectivity index (χ0) is 7.28. The second kappa shape index (κ2) is 3.01. The van der Waals surface area contributed by atoms with Crippen molar-refractivity contribution in [1.29, 1.82) is 1.43 Å². The molecule has 0 fully saturated rings. The smallest absolute Gasteiger partial charge is 0.303 e. The zero-order valence-corrected chi connectivity index (χ0v) is 4.09. The van der Waals surface area contributed by atoms with Crippen LogP contribution < -0.4 is 0 Å². The van der Waals surface area contributed by atoms with E-state index in [0.29, 0.717) is 0 Å². The fourth-order valence-electron chi connectivity index (χ4n) is 0.209. The standard InChI is InChI=1S/C4H6O4/c5-3(6)1-2-4(7)8/h1-2H2,(H,5,6)(H,7,8)/i/hD. The molecule has 8 heavy (non-hydrogen) atoms. The summed E-state index contributed by atoms with van der Waals surface area (Å²) in [5.74, 6) is -1.89. The van der Waals surface area contributed by atoms with Crippen molar-refractivity contribution in [2.45, 2.75) is 12.8 Å². The first-order valence-electron chi connectivity index (χ1n) is 2.45. The van der Waals surface area contributed by atoms with Gasteiger partial charge in [-0.2, -0.15) is 0 Å². The number of carbonyl (C=O) groups is 2. The third kappa shape index (κ3) is 4.94. The van der Waals surface area contributed by atoms with Gasteiger partial charge in [-0.3, -0.25) is 9.59 Å². The summed E-state index contributed by atoms with van der Waals surface area (Å²) >= 11 is 0. The van der Waals surface area contributed by atoms with Crippen LogP contribution >= 0.6 is 0 Å². The Morgan fingerprint density at radius 1 is 1.38 bits per heavy atom. The summed E-state index contributed by atoms with van der Waals surface area (Å²) in [5.41, 5.74) is 0. The van der Waals surface area contributed by atoms with Crippen molar-refractivity contribution >= 4 is 11.9 Å². The zero-order valence-electron chi connectivity index (χ0n) is 5.09. The Morgan fingerprint density at radius 3 is 2.25 bits per heavy atom. The molecular formula is C4H6O4. The lowest BCUT2D eigenvalue weighted by atomic mass is 10.3. The average Bonchev–Trinajstić information content (AvgIpc) is 1.83. The third-order valence-corrected chi connectivity index (χ3v) is 0.543. The Bertz CT molecular complexity index is 122. The highest BCUT2D eigenvalue weighted by Gasteiger charge is 2.00. The molecule has 46 valence electrons. The summed E-state index contributed by atoms with van der Waals surface area (Å²) in [6, 6.07) is 0. The first kappa shape index (κ1) is 5.08. The summed E-state index contributed by atoms with van der Waals surface area (Å²) < 4.78 is 6.01. The SMILES string of the molecule is [2H]OC(=O)CCC(=O)O. The Morgan fingerprint density at radius 2 is 1.88 bits per heavy atom. The van der Waals surface area contributed by atoms with Crippen LogP contribution in [0, 0.1) is 0 Å². The molecule has 4 heteroatoms. The van der Waals surface area contributed by atoms with Crippen LogP contribution in [0.25, 0.3) is 1.43 Å². The molecule has 0 unspecified atom stereocenters. The molecule has 0 aliphatic rings. The van der Waals surface area contributed by atoms with Crippen molar-refractivity contribution in [2.24, 2.45) is 0 Å². The van der Waals surface area contributed by atoms with Gasteiger partial charge in [-0.15, -0.1) is 0 Å². The first-order chi connectivity index (χ1) is 4.16. The topological polar surface area (TPSA) is 74.6 Å². The van der Waals surface area contributed by atoms with E-state index in [9.17, 15) is 9.59 Å². The summed E-state index contributed by atoms with van der Waals surface area (Å²) in [7, 11) is 0. The second-order valence-corrected chi connectivity index (χ2v) is 1.27. The van der Waals surface area contributed by atoms with E-state index in [1.807, 2.05) is 0 Å². The van der Waals surface area contributed by atoms with E-state index in [0.717, 1.165) is 0 Å². The summed E-state index contributed by atoms with van der Waals surface area (Å²) in [5, 5.41) is 11.4. The summed E-state index contributed by atoms with van der Waals surface area (Å²) in [4.78, 5) is 19.8. The van der Waals surface area contributed by atoms with E-state index in [-0.39, 0.29) is 12.8 Å².